The largest absolute Gasteiger partial charge is 0.478 e. The molecule has 3 heteroatoms. The van der Waals surface area contributed by atoms with Crippen molar-refractivity contribution in [1.82, 2.24) is 4.98 Å². The Morgan fingerprint density at radius 2 is 1.86 bits per heavy atom. The van der Waals surface area contributed by atoms with Crippen molar-refractivity contribution in [2.75, 3.05) is 0 Å². The van der Waals surface area contributed by atoms with Crippen LogP contribution in [-0.4, -0.2) is 16.1 Å². The van der Waals surface area contributed by atoms with Gasteiger partial charge in [0.15, 0.2) is 0 Å². The van der Waals surface area contributed by atoms with E-state index in [9.17, 15) is 9.90 Å². The summed E-state index contributed by atoms with van der Waals surface area (Å²) in [5.74, 6) is -0.442. The van der Waals surface area contributed by atoms with Gasteiger partial charge in [0.1, 0.15) is 0 Å². The standard InChI is InChI=1S/C19H23NO2/c1-19(2,3)13-8-9-16-14(10-13)15(18(21)22)11-17(20-16)12-6-4-5-7-12/h8-12H,4-7H2,1-3H3,(H,21,22). The molecule has 1 heterocycles. The van der Waals surface area contributed by atoms with Gasteiger partial charge in [-0.2, -0.15) is 0 Å². The van der Waals surface area contributed by atoms with Crippen molar-refractivity contribution in [2.45, 2.75) is 57.8 Å². The first-order valence-electron chi connectivity index (χ1n) is 8.05. The maximum atomic E-state index is 11.7. The fourth-order valence-corrected chi connectivity index (χ4v) is 3.32. The molecule has 0 unspecified atom stereocenters. The Morgan fingerprint density at radius 3 is 2.45 bits per heavy atom. The summed E-state index contributed by atoms with van der Waals surface area (Å²) < 4.78 is 0. The molecule has 1 fully saturated rings. The van der Waals surface area contributed by atoms with Crippen LogP contribution in [0.3, 0.4) is 0 Å². The van der Waals surface area contributed by atoms with E-state index in [4.69, 9.17) is 4.98 Å². The number of carboxylic acid groups (broad SMARTS) is 1. The lowest BCUT2D eigenvalue weighted by Crippen LogP contribution is -2.12. The lowest BCUT2D eigenvalue weighted by atomic mass is 9.85. The summed E-state index contributed by atoms with van der Waals surface area (Å²) in [6.45, 7) is 6.40. The number of carbonyl (C=O) groups is 1. The van der Waals surface area contributed by atoms with Crippen LogP contribution in [0.1, 0.15) is 74.0 Å². The van der Waals surface area contributed by atoms with E-state index < -0.39 is 5.97 Å². The summed E-state index contributed by atoms with van der Waals surface area (Å²) in [7, 11) is 0. The number of pyridine rings is 1. The van der Waals surface area contributed by atoms with E-state index in [1.165, 1.54) is 12.8 Å². The molecule has 0 radical (unpaired) electrons. The second-order valence-corrected chi connectivity index (χ2v) is 7.36. The number of aromatic carboxylic acids is 1. The summed E-state index contributed by atoms with van der Waals surface area (Å²) in [5.41, 5.74) is 3.27. The molecule has 0 aliphatic heterocycles. The predicted molar refractivity (Wildman–Crippen MR) is 88.6 cm³/mol. The van der Waals surface area contributed by atoms with Gasteiger partial charge in [-0.05, 0) is 42.0 Å². The molecule has 1 aromatic carbocycles. The van der Waals surface area contributed by atoms with Crippen molar-refractivity contribution in [3.05, 3.63) is 41.1 Å². The first-order chi connectivity index (χ1) is 10.4. The topological polar surface area (TPSA) is 50.2 Å². The Labute approximate surface area is 131 Å². The van der Waals surface area contributed by atoms with Gasteiger partial charge >= 0.3 is 5.97 Å². The molecule has 0 atom stereocenters. The molecule has 3 rings (SSSR count). The molecule has 22 heavy (non-hydrogen) atoms. The highest BCUT2D eigenvalue weighted by molar-refractivity contribution is 6.02. The zero-order chi connectivity index (χ0) is 15.9. The monoisotopic (exact) mass is 297 g/mol. The van der Waals surface area contributed by atoms with E-state index in [1.807, 2.05) is 12.1 Å². The van der Waals surface area contributed by atoms with Crippen LogP contribution in [0.2, 0.25) is 0 Å². The molecule has 116 valence electrons. The zero-order valence-electron chi connectivity index (χ0n) is 13.5. The summed E-state index contributed by atoms with van der Waals surface area (Å²) >= 11 is 0. The molecule has 1 N–H and O–H groups in total. The van der Waals surface area contributed by atoms with Crippen LogP contribution in [0.5, 0.6) is 0 Å². The number of benzene rings is 1. The summed E-state index contributed by atoms with van der Waals surface area (Å²) in [6, 6.07) is 7.83. The fourth-order valence-electron chi connectivity index (χ4n) is 3.32. The number of rotatable bonds is 2. The Morgan fingerprint density at radius 1 is 1.18 bits per heavy atom. The van der Waals surface area contributed by atoms with Gasteiger partial charge < -0.3 is 5.11 Å². The van der Waals surface area contributed by atoms with Gasteiger partial charge in [-0.15, -0.1) is 0 Å². The van der Waals surface area contributed by atoms with Crippen LogP contribution in [0.4, 0.5) is 0 Å². The SMILES string of the molecule is CC(C)(C)c1ccc2nc(C3CCCC3)cc(C(=O)O)c2c1. The molecule has 0 amide bonds. The lowest BCUT2D eigenvalue weighted by Gasteiger charge is -2.20. The van der Waals surface area contributed by atoms with Crippen molar-refractivity contribution in [3.63, 3.8) is 0 Å². The molecule has 1 aliphatic rings. The van der Waals surface area contributed by atoms with E-state index in [2.05, 4.69) is 26.8 Å². The van der Waals surface area contributed by atoms with Crippen LogP contribution in [0.15, 0.2) is 24.3 Å². The van der Waals surface area contributed by atoms with Crippen LogP contribution in [-0.2, 0) is 5.41 Å². The van der Waals surface area contributed by atoms with Gasteiger partial charge in [0.05, 0.1) is 11.1 Å². The molecule has 1 aromatic heterocycles. The van der Waals surface area contributed by atoms with Crippen molar-refractivity contribution in [2.24, 2.45) is 0 Å². The molecular weight excluding hydrogens is 274 g/mol. The van der Waals surface area contributed by atoms with E-state index >= 15 is 0 Å². The number of carboxylic acids is 1. The van der Waals surface area contributed by atoms with Crippen LogP contribution in [0.25, 0.3) is 10.9 Å². The Bertz CT molecular complexity index is 722. The van der Waals surface area contributed by atoms with Gasteiger partial charge in [-0.25, -0.2) is 4.79 Å². The summed E-state index contributed by atoms with van der Waals surface area (Å²) in [4.78, 5) is 16.5. The molecule has 0 bridgehead atoms. The number of fused-ring (bicyclic) bond motifs is 1. The molecule has 1 aliphatic carbocycles. The molecule has 3 nitrogen and oxygen atoms in total. The van der Waals surface area contributed by atoms with E-state index in [0.29, 0.717) is 11.5 Å². The van der Waals surface area contributed by atoms with Crippen molar-refractivity contribution >= 4 is 16.9 Å². The summed E-state index contributed by atoms with van der Waals surface area (Å²) in [5, 5.41) is 10.4. The molecular formula is C19H23NO2. The highest BCUT2D eigenvalue weighted by Crippen LogP contribution is 2.35. The first kappa shape index (κ1) is 15.0. The molecule has 0 spiro atoms. The van der Waals surface area contributed by atoms with Crippen molar-refractivity contribution in [1.29, 1.82) is 0 Å². The van der Waals surface area contributed by atoms with Crippen LogP contribution >= 0.6 is 0 Å². The second kappa shape index (κ2) is 5.38. The van der Waals surface area contributed by atoms with Crippen molar-refractivity contribution in [3.8, 4) is 0 Å². The maximum absolute atomic E-state index is 11.7. The summed E-state index contributed by atoms with van der Waals surface area (Å²) in [6.07, 6.45) is 4.68. The van der Waals surface area contributed by atoms with Crippen molar-refractivity contribution < 1.29 is 9.90 Å². The van der Waals surface area contributed by atoms with Gasteiger partial charge in [-0.3, -0.25) is 4.98 Å². The third-order valence-corrected chi connectivity index (χ3v) is 4.70. The maximum Gasteiger partial charge on any atom is 0.336 e. The average Bonchev–Trinajstić information content (AvgIpc) is 2.98. The van der Waals surface area contributed by atoms with Gasteiger partial charge in [0.25, 0.3) is 0 Å². The number of hydrogen-bond donors (Lipinski definition) is 1. The molecule has 1 saturated carbocycles. The third kappa shape index (κ3) is 2.72. The highest BCUT2D eigenvalue weighted by Gasteiger charge is 2.22. The number of nitrogens with zero attached hydrogens (tertiary/aromatic N) is 1. The predicted octanol–water partition coefficient (Wildman–Crippen LogP) is 4.89. The fraction of sp³-hybridized carbons (Fsp3) is 0.474. The highest BCUT2D eigenvalue weighted by atomic mass is 16.4. The third-order valence-electron chi connectivity index (χ3n) is 4.70. The Hall–Kier alpha value is -1.90. The molecule has 0 saturated heterocycles. The van der Waals surface area contributed by atoms with E-state index in [0.717, 1.165) is 35.0 Å². The van der Waals surface area contributed by atoms with Gasteiger partial charge in [0.2, 0.25) is 0 Å². The lowest BCUT2D eigenvalue weighted by molar-refractivity contribution is 0.0699. The average molecular weight is 297 g/mol. The molecule has 2 aromatic rings. The Kier molecular flexibility index (Phi) is 3.67. The van der Waals surface area contributed by atoms with Crippen LogP contribution in [0, 0.1) is 0 Å². The minimum Gasteiger partial charge on any atom is -0.478 e. The zero-order valence-corrected chi connectivity index (χ0v) is 13.5. The van der Waals surface area contributed by atoms with E-state index in [-0.39, 0.29) is 5.41 Å². The van der Waals surface area contributed by atoms with Gasteiger partial charge in [0, 0.05) is 17.0 Å². The second-order valence-electron chi connectivity index (χ2n) is 7.36. The normalized spacial score (nSPS) is 16.3. The quantitative estimate of drug-likeness (QED) is 0.858. The smallest absolute Gasteiger partial charge is 0.336 e. The minimum absolute atomic E-state index is 0.00587. The first-order valence-corrected chi connectivity index (χ1v) is 8.05. The van der Waals surface area contributed by atoms with E-state index in [1.54, 1.807) is 6.07 Å². The minimum atomic E-state index is -0.863. The van der Waals surface area contributed by atoms with Gasteiger partial charge in [-0.1, -0.05) is 39.7 Å². The van der Waals surface area contributed by atoms with Crippen LogP contribution < -0.4 is 0 Å². The number of aromatic nitrogens is 1. The Balaban J connectivity index is 2.19. The number of hydrogen-bond acceptors (Lipinski definition) is 2.